The van der Waals surface area contributed by atoms with Crippen molar-refractivity contribution in [3.05, 3.63) is 77.6 Å². The number of esters is 1. The van der Waals surface area contributed by atoms with Crippen molar-refractivity contribution < 1.29 is 37.3 Å². The molecule has 2 fully saturated rings. The van der Waals surface area contributed by atoms with Crippen LogP contribution in [0.4, 0.5) is 24.9 Å². The number of aryl methyl sites for hydroxylation is 1. The van der Waals surface area contributed by atoms with E-state index < -0.39 is 30.3 Å². The van der Waals surface area contributed by atoms with Crippen molar-refractivity contribution in [1.82, 2.24) is 25.1 Å². The van der Waals surface area contributed by atoms with Gasteiger partial charge in [-0.05, 0) is 67.9 Å². The molecule has 4 aromatic rings. The van der Waals surface area contributed by atoms with Crippen molar-refractivity contribution in [2.75, 3.05) is 36.9 Å². The number of rotatable bonds is 9. The molecule has 2 aromatic carbocycles. The smallest absolute Gasteiger partial charge is 0.429 e. The molecule has 258 valence electrons. The van der Waals surface area contributed by atoms with E-state index in [1.165, 1.54) is 28.9 Å². The molecule has 0 radical (unpaired) electrons. The molecule has 2 atom stereocenters. The van der Waals surface area contributed by atoms with Gasteiger partial charge in [0.05, 0.1) is 23.6 Å². The van der Waals surface area contributed by atoms with Gasteiger partial charge in [-0.25, -0.2) is 9.48 Å². The molecule has 2 aromatic heterocycles. The summed E-state index contributed by atoms with van der Waals surface area (Å²) in [6.45, 7) is 5.15. The number of hydrogen-bond donors (Lipinski definition) is 3. The Bertz CT molecular complexity index is 1860. The number of nitrogens with two attached hydrogens (primary N) is 1. The summed E-state index contributed by atoms with van der Waals surface area (Å²) in [4.78, 5) is 34.4. The minimum absolute atomic E-state index is 0.0833. The first kappa shape index (κ1) is 33.7. The Kier molecular flexibility index (Phi) is 9.20. The lowest BCUT2D eigenvalue weighted by Gasteiger charge is -2.39. The summed E-state index contributed by atoms with van der Waals surface area (Å²) in [5, 5.41) is 16.9. The number of aliphatic carboxylic acids is 1. The number of carboxylic acid groups (broad SMARTS) is 1. The third-order valence-electron chi connectivity index (χ3n) is 9.06. The first-order chi connectivity index (χ1) is 23.4. The molecule has 0 aliphatic carbocycles. The lowest BCUT2D eigenvalue weighted by atomic mass is 9.76. The van der Waals surface area contributed by atoms with Crippen molar-refractivity contribution in [1.29, 1.82) is 0 Å². The van der Waals surface area contributed by atoms with E-state index in [9.17, 15) is 27.9 Å². The predicted octanol–water partition coefficient (Wildman–Crippen LogP) is 5.11. The molecule has 0 bridgehead atoms. The number of carbonyl (C=O) groups is 2. The molecule has 2 aliphatic rings. The van der Waals surface area contributed by atoms with Gasteiger partial charge in [-0.3, -0.25) is 4.79 Å². The summed E-state index contributed by atoms with van der Waals surface area (Å²) < 4.78 is 57.0. The topological polar surface area (TPSA) is 158 Å². The lowest BCUT2D eigenvalue weighted by molar-refractivity contribution is -0.198. The van der Waals surface area contributed by atoms with Crippen molar-refractivity contribution >= 4 is 23.7 Å². The highest BCUT2D eigenvalue weighted by Gasteiger charge is 2.46. The monoisotopic (exact) mass is 679 g/mol. The second-order valence-electron chi connectivity index (χ2n) is 12.4. The molecule has 15 heteroatoms. The second kappa shape index (κ2) is 13.4. The van der Waals surface area contributed by atoms with Crippen LogP contribution in [0.25, 0.3) is 16.8 Å². The third kappa shape index (κ3) is 7.16. The van der Waals surface area contributed by atoms with Crippen molar-refractivity contribution in [3.63, 3.8) is 0 Å². The fraction of sp³-hybridized carbons (Fsp3) is 0.382. The summed E-state index contributed by atoms with van der Waals surface area (Å²) in [5.41, 5.74) is 7.45. The molecule has 12 nitrogen and oxygen atoms in total. The highest BCUT2D eigenvalue weighted by Crippen LogP contribution is 2.43. The van der Waals surface area contributed by atoms with Gasteiger partial charge in [0.25, 0.3) is 0 Å². The molecule has 6 rings (SSSR count). The number of nitrogen functional groups attached to an aromatic ring is 1. The fourth-order valence-corrected chi connectivity index (χ4v) is 6.56. The number of nitrogens with one attached hydrogen (secondary N) is 1. The van der Waals surface area contributed by atoms with Crippen LogP contribution >= 0.6 is 0 Å². The molecule has 4 N–H and O–H groups in total. The van der Waals surface area contributed by atoms with E-state index in [1.54, 1.807) is 50.4 Å². The van der Waals surface area contributed by atoms with Gasteiger partial charge in [-0.15, -0.1) is 0 Å². The quantitative estimate of drug-likeness (QED) is 0.202. The van der Waals surface area contributed by atoms with E-state index in [0.29, 0.717) is 61.5 Å². The van der Waals surface area contributed by atoms with Crippen LogP contribution in [0.3, 0.4) is 0 Å². The van der Waals surface area contributed by atoms with Gasteiger partial charge in [0, 0.05) is 37.5 Å². The average molecular weight is 680 g/mol. The van der Waals surface area contributed by atoms with Gasteiger partial charge in [-0.2, -0.15) is 28.2 Å². The highest BCUT2D eigenvalue weighted by atomic mass is 19.4. The fourth-order valence-electron chi connectivity index (χ4n) is 6.56. The number of ether oxygens (including phenoxy) is 2. The van der Waals surface area contributed by atoms with E-state index in [4.69, 9.17) is 15.2 Å². The molecule has 2 saturated heterocycles. The van der Waals surface area contributed by atoms with Crippen LogP contribution < -0.4 is 20.7 Å². The average Bonchev–Trinajstić information content (AvgIpc) is 3.69. The van der Waals surface area contributed by atoms with Crippen LogP contribution in [0.15, 0.2) is 60.8 Å². The minimum Gasteiger partial charge on any atom is -0.480 e. The maximum atomic E-state index is 14.9. The zero-order valence-electron chi connectivity index (χ0n) is 26.9. The molecule has 1 unspecified atom stereocenters. The van der Waals surface area contributed by atoms with Gasteiger partial charge in [-0.1, -0.05) is 30.3 Å². The minimum atomic E-state index is -4.89. The first-order valence-corrected chi connectivity index (χ1v) is 15.9. The SMILES string of the molecule is CCOC(=O)c1ccccc1-c1ccc([C@@H](Oc2cc(N3CCC4(CC3)CNC(C(=O)O)C4)nc(N)n2)C(F)(F)F)c(-n2ccc(C)n2)c1. The summed E-state index contributed by atoms with van der Waals surface area (Å²) >= 11 is 0. The van der Waals surface area contributed by atoms with E-state index in [2.05, 4.69) is 20.4 Å². The summed E-state index contributed by atoms with van der Waals surface area (Å²) in [5.74, 6) is -1.74. The highest BCUT2D eigenvalue weighted by molar-refractivity contribution is 5.97. The Morgan fingerprint density at radius 3 is 2.53 bits per heavy atom. The number of carboxylic acids is 1. The number of halogens is 3. The first-order valence-electron chi connectivity index (χ1n) is 15.9. The summed E-state index contributed by atoms with van der Waals surface area (Å²) in [7, 11) is 0. The number of anilines is 2. The number of nitrogens with zero attached hydrogens (tertiary/aromatic N) is 5. The van der Waals surface area contributed by atoms with Crippen molar-refractivity contribution in [3.8, 4) is 22.7 Å². The molecule has 1 spiro atoms. The van der Waals surface area contributed by atoms with E-state index in [-0.39, 0.29) is 40.7 Å². The second-order valence-corrected chi connectivity index (χ2v) is 12.4. The van der Waals surface area contributed by atoms with Crippen LogP contribution in [-0.2, 0) is 9.53 Å². The van der Waals surface area contributed by atoms with Gasteiger partial charge in [0.1, 0.15) is 11.9 Å². The zero-order chi connectivity index (χ0) is 34.9. The van der Waals surface area contributed by atoms with Gasteiger partial charge in [0.15, 0.2) is 0 Å². The third-order valence-corrected chi connectivity index (χ3v) is 9.06. The van der Waals surface area contributed by atoms with Crippen molar-refractivity contribution in [2.24, 2.45) is 5.41 Å². The molecule has 2 aliphatic heterocycles. The zero-order valence-corrected chi connectivity index (χ0v) is 26.9. The molecule has 0 amide bonds. The Balaban J connectivity index is 1.33. The number of benzene rings is 2. The summed E-state index contributed by atoms with van der Waals surface area (Å²) in [6.07, 6.45) is -3.97. The number of aromatic nitrogens is 4. The molecular weight excluding hydrogens is 643 g/mol. The number of alkyl halides is 3. The largest absolute Gasteiger partial charge is 0.480 e. The molecule has 49 heavy (non-hydrogen) atoms. The van der Waals surface area contributed by atoms with Crippen molar-refractivity contribution in [2.45, 2.75) is 51.4 Å². The van der Waals surface area contributed by atoms with E-state index >= 15 is 0 Å². The van der Waals surface area contributed by atoms with Gasteiger partial charge in [0.2, 0.25) is 17.9 Å². The van der Waals surface area contributed by atoms with Gasteiger partial charge < -0.3 is 30.5 Å². The maximum absolute atomic E-state index is 14.9. The normalized spacial score (nSPS) is 18.0. The Labute approximate surface area is 280 Å². The van der Waals surface area contributed by atoms with Crippen LogP contribution in [-0.4, -0.2) is 75.3 Å². The standard InChI is InChI=1S/C34H36F3N7O5/c1-3-48-31(47)23-7-5-4-6-22(23)21-8-9-24(26(16-21)44-13-10-20(2)42-44)29(34(35,36)37)49-28-17-27(40-32(38)41-28)43-14-11-33(12-15-43)18-25(30(45)46)39-19-33/h4-10,13,16-17,25,29,39H,3,11-12,14-15,18-19H2,1-2H3,(H,45,46)(H2,38,40,41)/t25?,29-/m1/s1. The molecular formula is C34H36F3N7O5. The summed E-state index contributed by atoms with van der Waals surface area (Å²) in [6, 6.07) is 13.4. The Morgan fingerprint density at radius 2 is 1.88 bits per heavy atom. The number of carbonyl (C=O) groups excluding carboxylic acids is 1. The van der Waals surface area contributed by atoms with E-state index in [1.807, 2.05) is 4.90 Å². The lowest BCUT2D eigenvalue weighted by Crippen LogP contribution is -2.41. The maximum Gasteiger partial charge on any atom is 0.429 e. The Morgan fingerprint density at radius 1 is 1.12 bits per heavy atom. The van der Waals surface area contributed by atoms with Crippen LogP contribution in [0.2, 0.25) is 0 Å². The van der Waals surface area contributed by atoms with Crippen LogP contribution in [0.1, 0.15) is 53.9 Å². The van der Waals surface area contributed by atoms with Crippen LogP contribution in [0, 0.1) is 12.3 Å². The van der Waals surface area contributed by atoms with Crippen LogP contribution in [0.5, 0.6) is 5.88 Å². The number of hydrogen-bond acceptors (Lipinski definition) is 10. The Hall–Kier alpha value is -5.18. The molecule has 4 heterocycles. The van der Waals surface area contributed by atoms with Gasteiger partial charge >= 0.3 is 18.1 Å². The van der Waals surface area contributed by atoms with E-state index in [0.717, 1.165) is 0 Å². The number of piperidine rings is 1. The molecule has 0 saturated carbocycles. The predicted molar refractivity (Wildman–Crippen MR) is 173 cm³/mol.